The van der Waals surface area contributed by atoms with Crippen LogP contribution >= 0.6 is 31.9 Å². The molecule has 0 N–H and O–H groups in total. The minimum Gasteiger partial charge on any atom is -0.490 e. The van der Waals surface area contributed by atoms with Gasteiger partial charge >= 0.3 is 0 Å². The number of hydrogen-bond acceptors (Lipinski definition) is 1. The van der Waals surface area contributed by atoms with Crippen LogP contribution in [0.25, 0.3) is 0 Å². The number of ether oxygens (including phenoxy) is 1. The van der Waals surface area contributed by atoms with Crippen LogP contribution in [0.2, 0.25) is 0 Å². The van der Waals surface area contributed by atoms with Gasteiger partial charge in [0, 0.05) is 4.48 Å². The van der Waals surface area contributed by atoms with Gasteiger partial charge in [-0.2, -0.15) is 0 Å². The molecular weight excluding hydrogens is 452 g/mol. The van der Waals surface area contributed by atoms with Crippen molar-refractivity contribution in [3.05, 3.63) is 45.2 Å². The summed E-state index contributed by atoms with van der Waals surface area (Å²) in [6.45, 7) is 13.1. The minimum atomic E-state index is -0.125. The molecular formula is C23H36Br2O. The Morgan fingerprint density at radius 2 is 1.58 bits per heavy atom. The zero-order valence-corrected chi connectivity index (χ0v) is 20.6. The molecule has 0 fully saturated rings. The highest BCUT2D eigenvalue weighted by Crippen LogP contribution is 2.41. The SMILES string of the molecule is CC(C)=CCCC(C)=CCCC(C)=CCCC1(C)OC(C)=C(Br)CC1Br. The summed E-state index contributed by atoms with van der Waals surface area (Å²) in [6, 6.07) is 0. The average molecular weight is 488 g/mol. The van der Waals surface area contributed by atoms with Gasteiger partial charge in [-0.15, -0.1) is 0 Å². The van der Waals surface area contributed by atoms with Gasteiger partial charge in [0.2, 0.25) is 0 Å². The molecule has 0 aromatic heterocycles. The van der Waals surface area contributed by atoms with Gasteiger partial charge in [-0.1, -0.05) is 66.8 Å². The lowest BCUT2D eigenvalue weighted by atomic mass is 9.91. The number of allylic oxidation sites excluding steroid dienone is 8. The highest BCUT2D eigenvalue weighted by molar-refractivity contribution is 9.12. The summed E-state index contributed by atoms with van der Waals surface area (Å²) < 4.78 is 7.37. The second kappa shape index (κ2) is 11.5. The van der Waals surface area contributed by atoms with Crippen molar-refractivity contribution in [1.82, 2.24) is 0 Å². The number of rotatable bonds is 9. The highest BCUT2D eigenvalue weighted by Gasteiger charge is 2.38. The molecule has 0 saturated heterocycles. The minimum absolute atomic E-state index is 0.125. The number of halogens is 2. The van der Waals surface area contributed by atoms with Gasteiger partial charge in [-0.05, 0) is 86.5 Å². The molecule has 0 radical (unpaired) electrons. The maximum Gasteiger partial charge on any atom is 0.119 e. The molecule has 3 heteroatoms. The van der Waals surface area contributed by atoms with Crippen molar-refractivity contribution in [1.29, 1.82) is 0 Å². The predicted molar refractivity (Wildman–Crippen MR) is 123 cm³/mol. The molecule has 1 aliphatic heterocycles. The Kier molecular flexibility index (Phi) is 10.5. The van der Waals surface area contributed by atoms with Crippen molar-refractivity contribution in [2.24, 2.45) is 0 Å². The van der Waals surface area contributed by atoms with Crippen molar-refractivity contribution < 1.29 is 4.74 Å². The first kappa shape index (κ1) is 23.8. The Hall–Kier alpha value is -0.280. The topological polar surface area (TPSA) is 9.23 Å². The summed E-state index contributed by atoms with van der Waals surface area (Å²) >= 11 is 7.42. The van der Waals surface area contributed by atoms with Crippen molar-refractivity contribution in [3.8, 4) is 0 Å². The number of hydrogen-bond donors (Lipinski definition) is 0. The van der Waals surface area contributed by atoms with Crippen LogP contribution in [-0.4, -0.2) is 10.4 Å². The van der Waals surface area contributed by atoms with Gasteiger partial charge in [0.25, 0.3) is 0 Å². The third-order valence-electron chi connectivity index (χ3n) is 5.05. The summed E-state index contributed by atoms with van der Waals surface area (Å²) in [5.41, 5.74) is 4.28. The lowest BCUT2D eigenvalue weighted by Crippen LogP contribution is -2.40. The average Bonchev–Trinajstić information content (AvgIpc) is 2.53. The van der Waals surface area contributed by atoms with Crippen LogP contribution in [0.3, 0.4) is 0 Å². The van der Waals surface area contributed by atoms with E-state index >= 15 is 0 Å². The molecule has 148 valence electrons. The van der Waals surface area contributed by atoms with Crippen molar-refractivity contribution in [2.45, 2.75) is 96.9 Å². The maximum absolute atomic E-state index is 6.19. The van der Waals surface area contributed by atoms with Crippen LogP contribution < -0.4 is 0 Å². The molecule has 0 aromatic rings. The second-order valence-electron chi connectivity index (χ2n) is 8.05. The maximum atomic E-state index is 6.19. The molecule has 0 spiro atoms. The van der Waals surface area contributed by atoms with Gasteiger partial charge in [0.15, 0.2) is 0 Å². The zero-order chi connectivity index (χ0) is 19.7. The Morgan fingerprint density at radius 3 is 2.15 bits per heavy atom. The molecule has 1 aliphatic rings. The largest absolute Gasteiger partial charge is 0.490 e. The molecule has 1 rings (SSSR count). The number of alkyl halides is 1. The fraction of sp³-hybridized carbons (Fsp3) is 0.652. The molecule has 0 amide bonds. The zero-order valence-electron chi connectivity index (χ0n) is 17.4. The monoisotopic (exact) mass is 486 g/mol. The third-order valence-corrected chi connectivity index (χ3v) is 7.22. The van der Waals surface area contributed by atoms with E-state index in [1.165, 1.54) is 27.6 Å². The van der Waals surface area contributed by atoms with Crippen LogP contribution in [0.15, 0.2) is 45.2 Å². The summed E-state index contributed by atoms with van der Waals surface area (Å²) in [4.78, 5) is 0.355. The van der Waals surface area contributed by atoms with Crippen LogP contribution in [-0.2, 0) is 4.74 Å². The van der Waals surface area contributed by atoms with E-state index in [0.29, 0.717) is 4.83 Å². The molecule has 0 aromatic carbocycles. The van der Waals surface area contributed by atoms with E-state index in [0.717, 1.165) is 44.3 Å². The van der Waals surface area contributed by atoms with Crippen molar-refractivity contribution in [3.63, 3.8) is 0 Å². The first-order chi connectivity index (χ1) is 12.1. The first-order valence-corrected chi connectivity index (χ1v) is 11.5. The van der Waals surface area contributed by atoms with E-state index in [9.17, 15) is 0 Å². The Bertz CT molecular complexity index is 579. The second-order valence-corrected chi connectivity index (χ2v) is 10.1. The summed E-state index contributed by atoms with van der Waals surface area (Å²) in [7, 11) is 0. The summed E-state index contributed by atoms with van der Waals surface area (Å²) in [6.07, 6.45) is 14.9. The quantitative estimate of drug-likeness (QED) is 0.233. The van der Waals surface area contributed by atoms with Gasteiger partial charge < -0.3 is 4.74 Å². The Labute approximate surface area is 178 Å². The summed E-state index contributed by atoms with van der Waals surface area (Å²) in [5.74, 6) is 1.03. The molecule has 0 saturated carbocycles. The van der Waals surface area contributed by atoms with Gasteiger partial charge in [-0.3, -0.25) is 0 Å². The molecule has 26 heavy (non-hydrogen) atoms. The fourth-order valence-corrected chi connectivity index (χ4v) is 4.62. The van der Waals surface area contributed by atoms with Crippen LogP contribution in [0.1, 0.15) is 86.5 Å². The molecule has 1 heterocycles. The van der Waals surface area contributed by atoms with E-state index < -0.39 is 0 Å². The molecule has 2 unspecified atom stereocenters. The molecule has 1 nitrogen and oxygen atoms in total. The van der Waals surface area contributed by atoms with Crippen LogP contribution in [0, 0.1) is 0 Å². The molecule has 0 aliphatic carbocycles. The Morgan fingerprint density at radius 1 is 1.04 bits per heavy atom. The third kappa shape index (κ3) is 8.61. The fourth-order valence-electron chi connectivity index (χ4n) is 3.14. The van der Waals surface area contributed by atoms with Gasteiger partial charge in [0.05, 0.1) is 4.83 Å². The lowest BCUT2D eigenvalue weighted by molar-refractivity contribution is 0.00113. The van der Waals surface area contributed by atoms with Crippen molar-refractivity contribution in [2.75, 3.05) is 0 Å². The van der Waals surface area contributed by atoms with Crippen LogP contribution in [0.4, 0.5) is 0 Å². The standard InChI is InChI=1S/C23H36Br2O/c1-17(2)10-7-11-18(3)12-8-13-19(4)14-9-15-23(6)22(25)16-21(24)20(5)26-23/h10,12,14,22H,7-9,11,13,15-16H2,1-6H3. The van der Waals surface area contributed by atoms with E-state index in [-0.39, 0.29) is 5.60 Å². The molecule has 0 bridgehead atoms. The predicted octanol–water partition coefficient (Wildman–Crippen LogP) is 8.75. The van der Waals surface area contributed by atoms with Crippen LogP contribution in [0.5, 0.6) is 0 Å². The first-order valence-electron chi connectivity index (χ1n) is 9.77. The smallest absolute Gasteiger partial charge is 0.119 e. The van der Waals surface area contributed by atoms with E-state index in [4.69, 9.17) is 4.74 Å². The summed E-state index contributed by atoms with van der Waals surface area (Å²) in [5, 5.41) is 0. The lowest BCUT2D eigenvalue weighted by Gasteiger charge is -2.39. The highest BCUT2D eigenvalue weighted by atomic mass is 79.9. The van der Waals surface area contributed by atoms with Gasteiger partial charge in [0.1, 0.15) is 11.4 Å². The molecule has 2 atom stereocenters. The van der Waals surface area contributed by atoms with Gasteiger partial charge in [-0.25, -0.2) is 0 Å². The van der Waals surface area contributed by atoms with E-state index in [1.54, 1.807) is 0 Å². The van der Waals surface area contributed by atoms with E-state index in [2.05, 4.69) is 91.6 Å². The van der Waals surface area contributed by atoms with E-state index in [1.807, 2.05) is 0 Å². The normalized spacial score (nSPS) is 24.5. The Balaban J connectivity index is 2.39. The van der Waals surface area contributed by atoms with Crippen molar-refractivity contribution >= 4 is 31.9 Å².